The number of ether oxygens (including phenoxy) is 1. The molecule has 19 heavy (non-hydrogen) atoms. The molecule has 104 valence electrons. The molecule has 0 spiro atoms. The SMILES string of the molecule is COc1cccc(C(Cl)CN2CCCC2C(=O)O)c1. The summed E-state index contributed by atoms with van der Waals surface area (Å²) >= 11 is 6.40. The molecule has 0 saturated carbocycles. The zero-order valence-electron chi connectivity index (χ0n) is 10.9. The fourth-order valence-corrected chi connectivity index (χ4v) is 2.78. The highest BCUT2D eigenvalue weighted by atomic mass is 35.5. The Labute approximate surface area is 117 Å². The number of carbonyl (C=O) groups is 1. The molecule has 1 saturated heterocycles. The molecule has 1 N–H and O–H groups in total. The number of carboxylic acid groups (broad SMARTS) is 1. The number of aliphatic carboxylic acids is 1. The second-order valence-corrected chi connectivity index (χ2v) is 5.26. The zero-order valence-corrected chi connectivity index (χ0v) is 11.6. The van der Waals surface area contributed by atoms with Gasteiger partial charge in [0.25, 0.3) is 0 Å². The molecule has 1 aliphatic rings. The molecule has 0 amide bonds. The van der Waals surface area contributed by atoms with Crippen LogP contribution in [0.2, 0.25) is 0 Å². The molecule has 5 heteroatoms. The molecule has 1 heterocycles. The Morgan fingerprint density at radius 3 is 3.11 bits per heavy atom. The molecular formula is C14H18ClNO3. The maximum atomic E-state index is 11.1. The van der Waals surface area contributed by atoms with Crippen molar-refractivity contribution in [3.8, 4) is 5.75 Å². The van der Waals surface area contributed by atoms with Gasteiger partial charge in [0.2, 0.25) is 0 Å². The minimum atomic E-state index is -0.757. The third kappa shape index (κ3) is 3.39. The van der Waals surface area contributed by atoms with Gasteiger partial charge in [0.1, 0.15) is 11.8 Å². The van der Waals surface area contributed by atoms with Gasteiger partial charge in [0.05, 0.1) is 12.5 Å². The van der Waals surface area contributed by atoms with Crippen LogP contribution in [0.1, 0.15) is 23.8 Å². The summed E-state index contributed by atoms with van der Waals surface area (Å²) in [6.45, 7) is 1.34. The van der Waals surface area contributed by atoms with Gasteiger partial charge in [-0.2, -0.15) is 0 Å². The summed E-state index contributed by atoms with van der Waals surface area (Å²) in [6, 6.07) is 7.19. The Morgan fingerprint density at radius 1 is 1.63 bits per heavy atom. The van der Waals surface area contributed by atoms with Gasteiger partial charge in [0.15, 0.2) is 0 Å². The molecule has 0 aliphatic carbocycles. The lowest BCUT2D eigenvalue weighted by Gasteiger charge is -2.24. The predicted molar refractivity (Wildman–Crippen MR) is 73.8 cm³/mol. The van der Waals surface area contributed by atoms with Gasteiger partial charge in [-0.15, -0.1) is 11.6 Å². The second-order valence-electron chi connectivity index (χ2n) is 4.74. The van der Waals surface area contributed by atoms with E-state index in [0.717, 1.165) is 24.3 Å². The molecule has 1 aromatic rings. The van der Waals surface area contributed by atoms with Crippen molar-refractivity contribution < 1.29 is 14.6 Å². The highest BCUT2D eigenvalue weighted by molar-refractivity contribution is 6.21. The predicted octanol–water partition coefficient (Wildman–Crippen LogP) is 2.52. The molecule has 2 atom stereocenters. The minimum Gasteiger partial charge on any atom is -0.497 e. The van der Waals surface area contributed by atoms with Gasteiger partial charge in [-0.25, -0.2) is 0 Å². The standard InChI is InChI=1S/C14H18ClNO3/c1-19-11-5-2-4-10(8-11)12(15)9-16-7-3-6-13(16)14(17)18/h2,4-5,8,12-13H,3,6-7,9H2,1H3,(H,17,18). The van der Waals surface area contributed by atoms with Gasteiger partial charge in [0, 0.05) is 6.54 Å². The van der Waals surface area contributed by atoms with Crippen LogP contribution in [0.15, 0.2) is 24.3 Å². The van der Waals surface area contributed by atoms with E-state index in [9.17, 15) is 4.79 Å². The lowest BCUT2D eigenvalue weighted by atomic mass is 10.1. The summed E-state index contributed by atoms with van der Waals surface area (Å²) < 4.78 is 5.17. The van der Waals surface area contributed by atoms with Crippen molar-refractivity contribution >= 4 is 17.6 Å². The number of hydrogen-bond acceptors (Lipinski definition) is 3. The van der Waals surface area contributed by atoms with Gasteiger partial charge >= 0.3 is 5.97 Å². The van der Waals surface area contributed by atoms with Crippen LogP contribution in [-0.2, 0) is 4.79 Å². The largest absolute Gasteiger partial charge is 0.497 e. The molecule has 1 aromatic carbocycles. The van der Waals surface area contributed by atoms with E-state index in [0.29, 0.717) is 13.0 Å². The maximum absolute atomic E-state index is 11.1. The number of nitrogens with zero attached hydrogens (tertiary/aromatic N) is 1. The second kappa shape index (κ2) is 6.26. The molecule has 0 aromatic heterocycles. The molecule has 0 bridgehead atoms. The first-order valence-electron chi connectivity index (χ1n) is 6.36. The number of hydrogen-bond donors (Lipinski definition) is 1. The van der Waals surface area contributed by atoms with Crippen LogP contribution in [0.3, 0.4) is 0 Å². The van der Waals surface area contributed by atoms with E-state index in [2.05, 4.69) is 0 Å². The molecule has 1 fully saturated rings. The van der Waals surface area contributed by atoms with Crippen molar-refractivity contribution in [1.82, 2.24) is 4.90 Å². The summed E-state index contributed by atoms with van der Waals surface area (Å²) in [7, 11) is 1.61. The number of carboxylic acids is 1. The van der Waals surface area contributed by atoms with Crippen molar-refractivity contribution in [2.45, 2.75) is 24.3 Å². The third-order valence-electron chi connectivity index (χ3n) is 3.50. The third-order valence-corrected chi connectivity index (χ3v) is 3.89. The average Bonchev–Trinajstić information content (AvgIpc) is 2.87. The van der Waals surface area contributed by atoms with Crippen molar-refractivity contribution in [2.24, 2.45) is 0 Å². The molecule has 1 aliphatic heterocycles. The van der Waals surface area contributed by atoms with Crippen molar-refractivity contribution in [3.63, 3.8) is 0 Å². The highest BCUT2D eigenvalue weighted by Gasteiger charge is 2.31. The van der Waals surface area contributed by atoms with Gasteiger partial charge in [-0.1, -0.05) is 12.1 Å². The van der Waals surface area contributed by atoms with E-state index in [1.54, 1.807) is 7.11 Å². The smallest absolute Gasteiger partial charge is 0.320 e. The monoisotopic (exact) mass is 283 g/mol. The van der Waals surface area contributed by atoms with Crippen LogP contribution < -0.4 is 4.74 Å². The van der Waals surface area contributed by atoms with Gasteiger partial charge in [-0.3, -0.25) is 9.69 Å². The van der Waals surface area contributed by atoms with Crippen LogP contribution >= 0.6 is 11.6 Å². The summed E-state index contributed by atoms with van der Waals surface area (Å²) in [5.74, 6) is 0.00589. The van der Waals surface area contributed by atoms with E-state index >= 15 is 0 Å². The van der Waals surface area contributed by atoms with Crippen LogP contribution in [0.5, 0.6) is 5.75 Å². The summed E-state index contributed by atoms with van der Waals surface area (Å²) in [4.78, 5) is 13.1. The number of alkyl halides is 1. The van der Waals surface area contributed by atoms with E-state index < -0.39 is 12.0 Å². The Hall–Kier alpha value is -1.26. The van der Waals surface area contributed by atoms with Crippen molar-refractivity contribution in [1.29, 1.82) is 0 Å². The van der Waals surface area contributed by atoms with Crippen molar-refractivity contribution in [2.75, 3.05) is 20.2 Å². The molecular weight excluding hydrogens is 266 g/mol. The molecule has 2 rings (SSSR count). The number of likely N-dealkylation sites (tertiary alicyclic amines) is 1. The Bertz CT molecular complexity index is 452. The minimum absolute atomic E-state index is 0.227. The summed E-state index contributed by atoms with van der Waals surface area (Å²) in [6.07, 6.45) is 1.62. The quantitative estimate of drug-likeness (QED) is 0.844. The number of rotatable bonds is 5. The number of methoxy groups -OCH3 is 1. The van der Waals surface area contributed by atoms with Crippen LogP contribution in [0.4, 0.5) is 0 Å². The number of benzene rings is 1. The van der Waals surface area contributed by atoms with Gasteiger partial charge < -0.3 is 9.84 Å². The van der Waals surface area contributed by atoms with E-state index in [1.165, 1.54) is 0 Å². The topological polar surface area (TPSA) is 49.8 Å². The Kier molecular flexibility index (Phi) is 4.66. The zero-order chi connectivity index (χ0) is 13.8. The fraction of sp³-hybridized carbons (Fsp3) is 0.500. The maximum Gasteiger partial charge on any atom is 0.320 e. The lowest BCUT2D eigenvalue weighted by Crippen LogP contribution is -2.37. The van der Waals surface area contributed by atoms with E-state index in [-0.39, 0.29) is 5.38 Å². The Balaban J connectivity index is 2.03. The normalized spacial score (nSPS) is 21.3. The lowest BCUT2D eigenvalue weighted by molar-refractivity contribution is -0.142. The fourth-order valence-electron chi connectivity index (χ4n) is 2.47. The first kappa shape index (κ1) is 14.2. The first-order chi connectivity index (χ1) is 9.11. The summed E-state index contributed by atoms with van der Waals surface area (Å²) in [5, 5.41) is 8.92. The van der Waals surface area contributed by atoms with Gasteiger partial charge in [-0.05, 0) is 37.1 Å². The van der Waals surface area contributed by atoms with Crippen molar-refractivity contribution in [3.05, 3.63) is 29.8 Å². The molecule has 0 radical (unpaired) electrons. The molecule has 4 nitrogen and oxygen atoms in total. The van der Waals surface area contributed by atoms with Crippen LogP contribution in [0, 0.1) is 0 Å². The van der Waals surface area contributed by atoms with E-state index in [4.69, 9.17) is 21.4 Å². The number of halogens is 1. The summed E-state index contributed by atoms with van der Waals surface area (Å²) in [5.41, 5.74) is 0.956. The highest BCUT2D eigenvalue weighted by Crippen LogP contribution is 2.28. The van der Waals surface area contributed by atoms with Crippen LogP contribution in [-0.4, -0.2) is 42.2 Å². The van der Waals surface area contributed by atoms with E-state index in [1.807, 2.05) is 29.2 Å². The first-order valence-corrected chi connectivity index (χ1v) is 6.80. The molecule has 2 unspecified atom stereocenters. The van der Waals surface area contributed by atoms with Crippen LogP contribution in [0.25, 0.3) is 0 Å². The Morgan fingerprint density at radius 2 is 2.42 bits per heavy atom. The average molecular weight is 284 g/mol.